The summed E-state index contributed by atoms with van der Waals surface area (Å²) in [6.07, 6.45) is -2.61. The van der Waals surface area contributed by atoms with Crippen molar-refractivity contribution in [2.24, 2.45) is 0 Å². The van der Waals surface area contributed by atoms with Crippen LogP contribution in [0.2, 0.25) is 0 Å². The van der Waals surface area contributed by atoms with Crippen molar-refractivity contribution in [1.82, 2.24) is 24.4 Å². The summed E-state index contributed by atoms with van der Waals surface area (Å²) in [5.41, 5.74) is -0.840. The smallest absolute Gasteiger partial charge is 0.334 e. The van der Waals surface area contributed by atoms with E-state index in [0.29, 0.717) is 29.2 Å². The molecule has 2 saturated heterocycles. The number of hydrogen-bond donors (Lipinski definition) is 0. The molecule has 0 aliphatic carbocycles. The Balaban J connectivity index is 1.53. The van der Waals surface area contributed by atoms with Crippen LogP contribution in [0.4, 0.5) is 17.6 Å². The minimum atomic E-state index is -4.71. The summed E-state index contributed by atoms with van der Waals surface area (Å²) >= 11 is 0. The molecule has 3 aromatic rings. The third kappa shape index (κ3) is 3.65. The van der Waals surface area contributed by atoms with Crippen molar-refractivity contribution in [3.63, 3.8) is 0 Å². The monoisotopic (exact) mass is 433 g/mol. The van der Waals surface area contributed by atoms with Crippen molar-refractivity contribution in [3.05, 3.63) is 53.6 Å². The van der Waals surface area contributed by atoms with Crippen LogP contribution in [0.1, 0.15) is 29.0 Å². The van der Waals surface area contributed by atoms with Gasteiger partial charge < -0.3 is 4.90 Å². The molecule has 31 heavy (non-hydrogen) atoms. The van der Waals surface area contributed by atoms with Gasteiger partial charge in [0.15, 0.2) is 17.0 Å². The summed E-state index contributed by atoms with van der Waals surface area (Å²) in [5.74, 6) is -0.894. The summed E-state index contributed by atoms with van der Waals surface area (Å²) in [6, 6.07) is 7.47. The number of fused-ring (bicyclic) bond motifs is 2. The maximum absolute atomic E-state index is 13.7. The lowest BCUT2D eigenvalue weighted by Crippen LogP contribution is -2.52. The molecule has 1 aromatic carbocycles. The number of hydrogen-bond acceptors (Lipinski definition) is 4. The van der Waals surface area contributed by atoms with Gasteiger partial charge in [-0.1, -0.05) is 0 Å². The molecule has 2 fully saturated rings. The lowest BCUT2D eigenvalue weighted by atomic mass is 10.1. The van der Waals surface area contributed by atoms with Crippen molar-refractivity contribution in [3.8, 4) is 11.3 Å². The lowest BCUT2D eigenvalue weighted by Gasteiger charge is -2.37. The van der Waals surface area contributed by atoms with Crippen LogP contribution in [-0.2, 0) is 6.18 Å². The Morgan fingerprint density at radius 1 is 1.06 bits per heavy atom. The first-order valence-corrected chi connectivity index (χ1v) is 10.1. The molecule has 0 bridgehead atoms. The maximum atomic E-state index is 13.7. The number of benzene rings is 1. The zero-order valence-electron chi connectivity index (χ0n) is 16.4. The predicted molar refractivity (Wildman–Crippen MR) is 104 cm³/mol. The Bertz CT molecular complexity index is 1140. The molecule has 4 heterocycles. The minimum Gasteiger partial charge on any atom is -0.334 e. The number of amides is 1. The summed E-state index contributed by atoms with van der Waals surface area (Å²) in [5, 5.41) is 3.96. The zero-order valence-corrected chi connectivity index (χ0v) is 16.4. The highest BCUT2D eigenvalue weighted by Crippen LogP contribution is 2.32. The van der Waals surface area contributed by atoms with Crippen LogP contribution in [0.5, 0.6) is 0 Å². The van der Waals surface area contributed by atoms with Gasteiger partial charge in [-0.25, -0.2) is 13.9 Å². The molecule has 0 radical (unpaired) electrons. The van der Waals surface area contributed by atoms with E-state index in [0.717, 1.165) is 44.1 Å². The number of carbonyl (C=O) groups is 1. The lowest BCUT2D eigenvalue weighted by molar-refractivity contribution is -0.142. The molecule has 5 rings (SSSR count). The van der Waals surface area contributed by atoms with Gasteiger partial charge in [0.2, 0.25) is 0 Å². The summed E-state index contributed by atoms with van der Waals surface area (Å²) < 4.78 is 55.1. The van der Waals surface area contributed by atoms with Gasteiger partial charge in [-0.15, -0.1) is 0 Å². The first kappa shape index (κ1) is 19.9. The van der Waals surface area contributed by atoms with Crippen LogP contribution in [0.25, 0.3) is 16.9 Å². The fourth-order valence-corrected chi connectivity index (χ4v) is 4.39. The third-order valence-corrected chi connectivity index (χ3v) is 5.95. The van der Waals surface area contributed by atoms with E-state index in [1.165, 1.54) is 18.2 Å². The van der Waals surface area contributed by atoms with E-state index in [1.807, 2.05) is 0 Å². The summed E-state index contributed by atoms with van der Waals surface area (Å²) in [4.78, 5) is 21.2. The van der Waals surface area contributed by atoms with Crippen LogP contribution in [0, 0.1) is 5.82 Å². The second kappa shape index (κ2) is 7.30. The summed E-state index contributed by atoms with van der Waals surface area (Å²) in [7, 11) is 0. The van der Waals surface area contributed by atoms with E-state index in [4.69, 9.17) is 0 Å². The Kier molecular flexibility index (Phi) is 4.69. The Hall–Kier alpha value is -3.01. The van der Waals surface area contributed by atoms with Crippen LogP contribution in [0.3, 0.4) is 0 Å². The van der Waals surface area contributed by atoms with Gasteiger partial charge in [0.25, 0.3) is 5.91 Å². The van der Waals surface area contributed by atoms with Gasteiger partial charge in [0.05, 0.1) is 5.69 Å². The molecule has 1 atom stereocenters. The molecule has 2 aromatic heterocycles. The van der Waals surface area contributed by atoms with E-state index in [1.54, 1.807) is 4.90 Å². The number of rotatable bonds is 2. The molecule has 2 aliphatic rings. The molecule has 2 aliphatic heterocycles. The number of alkyl halides is 3. The van der Waals surface area contributed by atoms with E-state index in [-0.39, 0.29) is 17.0 Å². The normalized spacial score (nSPS) is 19.7. The van der Waals surface area contributed by atoms with Crippen molar-refractivity contribution < 1.29 is 22.4 Å². The van der Waals surface area contributed by atoms with E-state index >= 15 is 0 Å². The van der Waals surface area contributed by atoms with Crippen LogP contribution in [-0.4, -0.2) is 62.5 Å². The minimum absolute atomic E-state index is 0.0262. The standard InChI is InChI=1S/C21H19F4N5O/c22-14-5-3-13(4-6-14)16-10-18(21(23,24)25)30-19(26-16)11-17(27-30)20(31)29-9-8-28-7-1-2-15(28)12-29/h3-6,10-11,15H,1-2,7-9,12H2/t15-/m1/s1. The van der Waals surface area contributed by atoms with Crippen LogP contribution >= 0.6 is 0 Å². The molecular formula is C21H19F4N5O. The third-order valence-electron chi connectivity index (χ3n) is 5.95. The maximum Gasteiger partial charge on any atom is 0.433 e. The molecule has 0 N–H and O–H groups in total. The van der Waals surface area contributed by atoms with Crippen molar-refractivity contribution in [2.45, 2.75) is 25.1 Å². The van der Waals surface area contributed by atoms with Gasteiger partial charge in [-0.05, 0) is 49.7 Å². The quantitative estimate of drug-likeness (QED) is 0.581. The second-order valence-corrected chi connectivity index (χ2v) is 7.91. The largest absolute Gasteiger partial charge is 0.433 e. The summed E-state index contributed by atoms with van der Waals surface area (Å²) in [6.45, 7) is 2.84. The van der Waals surface area contributed by atoms with Gasteiger partial charge in [0.1, 0.15) is 5.82 Å². The Morgan fingerprint density at radius 3 is 2.58 bits per heavy atom. The van der Waals surface area contributed by atoms with Crippen LogP contribution in [0.15, 0.2) is 36.4 Å². The molecule has 0 unspecified atom stereocenters. The first-order chi connectivity index (χ1) is 14.8. The zero-order chi connectivity index (χ0) is 21.8. The highest BCUT2D eigenvalue weighted by Gasteiger charge is 2.37. The molecule has 0 spiro atoms. The molecule has 6 nitrogen and oxygen atoms in total. The van der Waals surface area contributed by atoms with Gasteiger partial charge in [-0.2, -0.15) is 18.3 Å². The van der Waals surface area contributed by atoms with E-state index in [9.17, 15) is 22.4 Å². The Labute approximate surface area is 175 Å². The van der Waals surface area contributed by atoms with E-state index in [2.05, 4.69) is 15.0 Å². The van der Waals surface area contributed by atoms with Gasteiger partial charge in [0, 0.05) is 37.3 Å². The Morgan fingerprint density at radius 2 is 1.84 bits per heavy atom. The highest BCUT2D eigenvalue weighted by molar-refractivity contribution is 5.93. The average Bonchev–Trinajstić information content (AvgIpc) is 3.38. The van der Waals surface area contributed by atoms with Crippen molar-refractivity contribution >= 4 is 11.6 Å². The van der Waals surface area contributed by atoms with Gasteiger partial charge >= 0.3 is 6.18 Å². The highest BCUT2D eigenvalue weighted by atomic mass is 19.4. The fraction of sp³-hybridized carbons (Fsp3) is 0.381. The number of halogens is 4. The first-order valence-electron chi connectivity index (χ1n) is 10.1. The molecule has 0 saturated carbocycles. The molecule has 1 amide bonds. The number of nitrogens with zero attached hydrogens (tertiary/aromatic N) is 5. The van der Waals surface area contributed by atoms with Crippen molar-refractivity contribution in [1.29, 1.82) is 0 Å². The number of aromatic nitrogens is 3. The molecule has 162 valence electrons. The number of piperazine rings is 1. The van der Waals surface area contributed by atoms with Gasteiger partial charge in [-0.3, -0.25) is 9.69 Å². The SMILES string of the molecule is O=C(c1cc2nc(-c3ccc(F)cc3)cc(C(F)(F)F)n2n1)N1CCN2CCC[C@@H]2C1. The average molecular weight is 433 g/mol. The number of carbonyl (C=O) groups excluding carboxylic acids is 1. The molecule has 10 heteroatoms. The molecular weight excluding hydrogens is 414 g/mol. The predicted octanol–water partition coefficient (Wildman–Crippen LogP) is 3.47. The van der Waals surface area contributed by atoms with Crippen molar-refractivity contribution in [2.75, 3.05) is 26.2 Å². The second-order valence-electron chi connectivity index (χ2n) is 7.91. The van der Waals surface area contributed by atoms with E-state index < -0.39 is 23.6 Å². The topological polar surface area (TPSA) is 53.7 Å². The fourth-order valence-electron chi connectivity index (χ4n) is 4.39. The van der Waals surface area contributed by atoms with Crippen LogP contribution < -0.4 is 0 Å².